The van der Waals surface area contributed by atoms with E-state index in [1.165, 1.54) is 0 Å². The van der Waals surface area contributed by atoms with E-state index < -0.39 is 0 Å². The molecule has 2 rings (SSSR count). The lowest BCUT2D eigenvalue weighted by Gasteiger charge is -2.11. The van der Waals surface area contributed by atoms with Crippen LogP contribution in [0.25, 0.3) is 10.9 Å². The molecular formula is C11H12ClNO. The second-order valence-corrected chi connectivity index (χ2v) is 3.62. The zero-order chi connectivity index (χ0) is 9.97. The van der Waals surface area contributed by atoms with Gasteiger partial charge in [0.25, 0.3) is 0 Å². The molecule has 1 aromatic carbocycles. The van der Waals surface area contributed by atoms with Gasteiger partial charge in [-0.05, 0) is 24.6 Å². The Morgan fingerprint density at radius 3 is 3.07 bits per heavy atom. The van der Waals surface area contributed by atoms with E-state index in [-0.39, 0.29) is 5.56 Å². The normalized spacial score (nSPS) is 13.0. The molecule has 2 nitrogen and oxygen atoms in total. The Bertz CT molecular complexity index is 424. The molecule has 3 heteroatoms. The lowest BCUT2D eigenvalue weighted by molar-refractivity contribution is 0.280. The highest BCUT2D eigenvalue weighted by Gasteiger charge is 2.06. The number of aromatic nitrogens is 1. The maximum Gasteiger partial charge on any atom is 0.172 e. The van der Waals surface area contributed by atoms with Crippen LogP contribution in [-0.2, 0) is 0 Å². The van der Waals surface area contributed by atoms with Crippen molar-refractivity contribution in [2.75, 3.05) is 0 Å². The third kappa shape index (κ3) is 1.70. The van der Waals surface area contributed by atoms with Crippen molar-refractivity contribution >= 4 is 22.5 Å². The van der Waals surface area contributed by atoms with E-state index in [4.69, 9.17) is 16.3 Å². The standard InChI is InChI=1S/C11H12ClNO/c1-2-11(12)14-10-5-3-4-9-8(10)6-7-13-9/h3-7,11,13H,2H2,1H3. The first-order valence-electron chi connectivity index (χ1n) is 4.68. The number of fused-ring (bicyclic) bond motifs is 1. The molecule has 0 bridgehead atoms. The lowest BCUT2D eigenvalue weighted by Crippen LogP contribution is -2.06. The number of H-pyrrole nitrogens is 1. The Hall–Kier alpha value is -1.15. The van der Waals surface area contributed by atoms with Crippen LogP contribution in [0.4, 0.5) is 0 Å². The van der Waals surface area contributed by atoms with Crippen LogP contribution in [0.2, 0.25) is 0 Å². The number of benzene rings is 1. The number of alkyl halides is 1. The summed E-state index contributed by atoms with van der Waals surface area (Å²) in [6.45, 7) is 1.99. The number of halogens is 1. The van der Waals surface area contributed by atoms with Gasteiger partial charge in [0.1, 0.15) is 5.75 Å². The predicted octanol–water partition coefficient (Wildman–Crippen LogP) is 3.52. The molecule has 2 aromatic rings. The fourth-order valence-electron chi connectivity index (χ4n) is 1.38. The maximum atomic E-state index is 5.93. The molecule has 0 fully saturated rings. The third-order valence-electron chi connectivity index (χ3n) is 2.13. The van der Waals surface area contributed by atoms with Crippen LogP contribution >= 0.6 is 11.6 Å². The first kappa shape index (κ1) is 9.41. The molecular weight excluding hydrogens is 198 g/mol. The van der Waals surface area contributed by atoms with Crippen molar-refractivity contribution in [3.63, 3.8) is 0 Å². The lowest BCUT2D eigenvalue weighted by atomic mass is 10.2. The molecule has 0 amide bonds. The largest absolute Gasteiger partial charge is 0.474 e. The van der Waals surface area contributed by atoms with Crippen LogP contribution in [0.15, 0.2) is 30.5 Å². The van der Waals surface area contributed by atoms with Crippen LogP contribution in [0.1, 0.15) is 13.3 Å². The number of nitrogens with one attached hydrogen (secondary N) is 1. The average molecular weight is 210 g/mol. The van der Waals surface area contributed by atoms with Crippen LogP contribution in [-0.4, -0.2) is 10.5 Å². The van der Waals surface area contributed by atoms with Crippen LogP contribution < -0.4 is 4.74 Å². The molecule has 74 valence electrons. The summed E-state index contributed by atoms with van der Waals surface area (Å²) in [6, 6.07) is 7.88. The molecule has 1 aromatic heterocycles. The first-order valence-corrected chi connectivity index (χ1v) is 5.11. The smallest absolute Gasteiger partial charge is 0.172 e. The quantitative estimate of drug-likeness (QED) is 0.769. The van der Waals surface area contributed by atoms with E-state index in [2.05, 4.69) is 4.98 Å². The third-order valence-corrected chi connectivity index (χ3v) is 2.53. The van der Waals surface area contributed by atoms with E-state index in [0.717, 1.165) is 23.1 Å². The number of hydrogen-bond acceptors (Lipinski definition) is 1. The van der Waals surface area contributed by atoms with Crippen LogP contribution in [0, 0.1) is 0 Å². The SMILES string of the molecule is CCC(Cl)Oc1cccc2[nH]ccc12. The van der Waals surface area contributed by atoms with E-state index in [0.29, 0.717) is 0 Å². The summed E-state index contributed by atoms with van der Waals surface area (Å²) in [6.07, 6.45) is 2.69. The maximum absolute atomic E-state index is 5.93. The molecule has 1 heterocycles. The summed E-state index contributed by atoms with van der Waals surface area (Å²) in [5.74, 6) is 0.839. The highest BCUT2D eigenvalue weighted by molar-refractivity contribution is 6.19. The molecule has 1 unspecified atom stereocenters. The minimum atomic E-state index is -0.254. The first-order chi connectivity index (χ1) is 6.81. The highest BCUT2D eigenvalue weighted by atomic mass is 35.5. The van der Waals surface area contributed by atoms with Crippen LogP contribution in [0.5, 0.6) is 5.75 Å². The van der Waals surface area contributed by atoms with Gasteiger partial charge >= 0.3 is 0 Å². The minimum Gasteiger partial charge on any atom is -0.474 e. The van der Waals surface area contributed by atoms with Crippen molar-refractivity contribution in [2.24, 2.45) is 0 Å². The summed E-state index contributed by atoms with van der Waals surface area (Å²) in [4.78, 5) is 3.13. The highest BCUT2D eigenvalue weighted by Crippen LogP contribution is 2.26. The number of ether oxygens (including phenoxy) is 1. The van der Waals surface area contributed by atoms with E-state index in [1.54, 1.807) is 0 Å². The summed E-state index contributed by atoms with van der Waals surface area (Å²) in [7, 11) is 0. The Morgan fingerprint density at radius 1 is 1.43 bits per heavy atom. The fourth-order valence-corrected chi connectivity index (χ4v) is 1.48. The topological polar surface area (TPSA) is 25.0 Å². The van der Waals surface area contributed by atoms with Crippen molar-refractivity contribution < 1.29 is 4.74 Å². The zero-order valence-corrected chi connectivity index (χ0v) is 8.71. The molecule has 1 atom stereocenters. The Kier molecular flexibility index (Phi) is 2.64. The van der Waals surface area contributed by atoms with Gasteiger partial charge in [-0.3, -0.25) is 0 Å². The average Bonchev–Trinajstić information content (AvgIpc) is 2.66. The monoisotopic (exact) mass is 209 g/mol. The van der Waals surface area contributed by atoms with Crippen molar-refractivity contribution in [1.29, 1.82) is 0 Å². The summed E-state index contributed by atoms with van der Waals surface area (Å²) in [5, 5.41) is 1.08. The zero-order valence-electron chi connectivity index (χ0n) is 7.96. The van der Waals surface area contributed by atoms with Gasteiger partial charge in [0.15, 0.2) is 5.56 Å². The predicted molar refractivity (Wildman–Crippen MR) is 58.9 cm³/mol. The van der Waals surface area contributed by atoms with Gasteiger partial charge < -0.3 is 9.72 Å². The molecule has 1 N–H and O–H groups in total. The van der Waals surface area contributed by atoms with E-state index >= 15 is 0 Å². The fraction of sp³-hybridized carbons (Fsp3) is 0.273. The van der Waals surface area contributed by atoms with Crippen molar-refractivity contribution in [3.05, 3.63) is 30.5 Å². The molecule has 0 spiro atoms. The summed E-state index contributed by atoms with van der Waals surface area (Å²) < 4.78 is 5.58. The number of rotatable bonds is 3. The second kappa shape index (κ2) is 3.93. The molecule has 0 aliphatic carbocycles. The van der Waals surface area contributed by atoms with E-state index in [1.807, 2.05) is 37.4 Å². The van der Waals surface area contributed by atoms with Crippen molar-refractivity contribution in [2.45, 2.75) is 18.9 Å². The van der Waals surface area contributed by atoms with Gasteiger partial charge in [-0.25, -0.2) is 0 Å². The van der Waals surface area contributed by atoms with E-state index in [9.17, 15) is 0 Å². The summed E-state index contributed by atoms with van der Waals surface area (Å²) >= 11 is 5.93. The van der Waals surface area contributed by atoms with Gasteiger partial charge in [-0.1, -0.05) is 24.6 Å². The summed E-state index contributed by atoms with van der Waals surface area (Å²) in [5.41, 5.74) is 0.818. The minimum absolute atomic E-state index is 0.254. The molecule has 0 saturated heterocycles. The Balaban J connectivity index is 2.36. The van der Waals surface area contributed by atoms with Gasteiger partial charge in [0.2, 0.25) is 0 Å². The molecule has 0 aliphatic heterocycles. The molecule has 0 aliphatic rings. The Morgan fingerprint density at radius 2 is 2.29 bits per heavy atom. The van der Waals surface area contributed by atoms with Crippen molar-refractivity contribution in [3.8, 4) is 5.75 Å². The number of hydrogen-bond donors (Lipinski definition) is 1. The van der Waals surface area contributed by atoms with Gasteiger partial charge in [-0.15, -0.1) is 0 Å². The number of aromatic amines is 1. The second-order valence-electron chi connectivity index (χ2n) is 3.13. The van der Waals surface area contributed by atoms with Crippen molar-refractivity contribution in [1.82, 2.24) is 4.98 Å². The van der Waals surface area contributed by atoms with Gasteiger partial charge in [0.05, 0.1) is 0 Å². The van der Waals surface area contributed by atoms with Gasteiger partial charge in [-0.2, -0.15) is 0 Å². The van der Waals surface area contributed by atoms with Gasteiger partial charge in [0, 0.05) is 17.1 Å². The molecule has 0 saturated carbocycles. The molecule has 0 radical (unpaired) electrons. The van der Waals surface area contributed by atoms with Crippen LogP contribution in [0.3, 0.4) is 0 Å². The molecule has 14 heavy (non-hydrogen) atoms. The Labute approximate surface area is 87.8 Å².